The molecule has 3 rings (SSSR count). The number of carboxylic acid groups (broad SMARTS) is 1. The van der Waals surface area contributed by atoms with E-state index in [4.69, 9.17) is 18.9 Å². The molecule has 8 nitrogen and oxygen atoms in total. The average molecular weight is 536 g/mol. The van der Waals surface area contributed by atoms with E-state index in [1.807, 2.05) is 12.1 Å². The number of aryl methyl sites for hydroxylation is 2. The van der Waals surface area contributed by atoms with Crippen LogP contribution in [0, 0.1) is 0 Å². The Hall–Kier alpha value is -3.24. The van der Waals surface area contributed by atoms with Gasteiger partial charge in [0.25, 0.3) is 5.92 Å². The molecule has 10 heteroatoms. The van der Waals surface area contributed by atoms with Crippen molar-refractivity contribution in [2.24, 2.45) is 0 Å². The highest BCUT2D eigenvalue weighted by Gasteiger charge is 2.23. The maximum Gasteiger partial charge on any atom is 0.415 e. The van der Waals surface area contributed by atoms with Gasteiger partial charge in [0.05, 0.1) is 13.2 Å². The lowest BCUT2D eigenvalue weighted by atomic mass is 10.1. The number of nitrogens with zero attached hydrogens (tertiary/aromatic N) is 1. The second kappa shape index (κ2) is 14.1. The van der Waals surface area contributed by atoms with Crippen LogP contribution in [0.1, 0.15) is 37.0 Å². The molecule has 0 radical (unpaired) electrons. The van der Waals surface area contributed by atoms with Gasteiger partial charge in [-0.3, -0.25) is 0 Å². The molecular weight excluding hydrogens is 500 g/mol. The molecule has 1 unspecified atom stereocenters. The van der Waals surface area contributed by atoms with Crippen LogP contribution in [0.5, 0.6) is 11.5 Å². The molecule has 38 heavy (non-hydrogen) atoms. The van der Waals surface area contributed by atoms with Crippen molar-refractivity contribution in [3.8, 4) is 11.5 Å². The second-order valence-corrected chi connectivity index (χ2v) is 9.24. The Kier molecular flexibility index (Phi) is 10.8. The lowest BCUT2D eigenvalue weighted by Gasteiger charge is -2.23. The second-order valence-electron chi connectivity index (χ2n) is 9.24. The Morgan fingerprint density at radius 2 is 1.71 bits per heavy atom. The minimum absolute atomic E-state index is 0.0517. The maximum atomic E-state index is 13.1. The van der Waals surface area contributed by atoms with Crippen molar-refractivity contribution in [2.45, 2.75) is 51.6 Å². The molecule has 2 aromatic rings. The predicted molar refractivity (Wildman–Crippen MR) is 136 cm³/mol. The van der Waals surface area contributed by atoms with Crippen LogP contribution in [0.4, 0.5) is 13.6 Å². The third-order valence-corrected chi connectivity index (χ3v) is 6.01. The van der Waals surface area contributed by atoms with E-state index in [9.17, 15) is 23.5 Å². The van der Waals surface area contributed by atoms with E-state index in [0.717, 1.165) is 37.3 Å². The first-order chi connectivity index (χ1) is 18.1. The van der Waals surface area contributed by atoms with Gasteiger partial charge in [0.2, 0.25) is 0 Å². The number of carboxylic acids is 1. The Labute approximate surface area is 221 Å². The zero-order valence-corrected chi connectivity index (χ0v) is 21.8. The van der Waals surface area contributed by atoms with Crippen LogP contribution < -0.4 is 9.47 Å². The van der Waals surface area contributed by atoms with Gasteiger partial charge in [-0.15, -0.1) is 0 Å². The van der Waals surface area contributed by atoms with Crippen molar-refractivity contribution >= 4 is 12.1 Å². The molecule has 0 aliphatic heterocycles. The highest BCUT2D eigenvalue weighted by Crippen LogP contribution is 2.26. The summed E-state index contributed by atoms with van der Waals surface area (Å²) < 4.78 is 47.8. The summed E-state index contributed by atoms with van der Waals surface area (Å²) in [4.78, 5) is 25.5. The van der Waals surface area contributed by atoms with Crippen LogP contribution >= 0.6 is 0 Å². The van der Waals surface area contributed by atoms with E-state index in [0.29, 0.717) is 18.1 Å². The molecule has 1 aliphatic carbocycles. The molecule has 1 amide bonds. The van der Waals surface area contributed by atoms with Gasteiger partial charge in [-0.2, -0.15) is 0 Å². The molecule has 0 aromatic heterocycles. The number of carbonyl (C=O) groups excluding carboxylic acids is 1. The van der Waals surface area contributed by atoms with E-state index in [1.165, 1.54) is 10.5 Å². The molecule has 2 aromatic carbocycles. The van der Waals surface area contributed by atoms with Crippen molar-refractivity contribution in [3.05, 3.63) is 59.2 Å². The topological polar surface area (TPSA) is 94.5 Å². The number of hydrogen-bond donors (Lipinski definition) is 1. The first-order valence-corrected chi connectivity index (χ1v) is 12.7. The lowest BCUT2D eigenvalue weighted by molar-refractivity contribution is -0.149. The first-order valence-electron chi connectivity index (χ1n) is 12.7. The number of carbonyl (C=O) groups is 2. The minimum atomic E-state index is -2.96. The summed E-state index contributed by atoms with van der Waals surface area (Å²) in [5.74, 6) is -3.01. The quantitative estimate of drug-likeness (QED) is 0.329. The number of amides is 1. The lowest BCUT2D eigenvalue weighted by Crippen LogP contribution is -2.39. The number of aliphatic carboxylic acids is 1. The van der Waals surface area contributed by atoms with Crippen LogP contribution in [0.25, 0.3) is 0 Å². The van der Waals surface area contributed by atoms with Crippen molar-refractivity contribution in [3.63, 3.8) is 0 Å². The normalized spacial score (nSPS) is 13.6. The largest absolute Gasteiger partial charge is 0.492 e. The van der Waals surface area contributed by atoms with Crippen LogP contribution in [-0.4, -0.2) is 73.6 Å². The summed E-state index contributed by atoms with van der Waals surface area (Å²) in [6, 6.07) is 12.5. The van der Waals surface area contributed by atoms with Gasteiger partial charge in [0, 0.05) is 26.5 Å². The zero-order valence-electron chi connectivity index (χ0n) is 21.8. The fraction of sp³-hybridized carbons (Fsp3) is 0.500. The molecule has 1 atom stereocenters. The van der Waals surface area contributed by atoms with Crippen LogP contribution in [0.15, 0.2) is 42.5 Å². The first kappa shape index (κ1) is 29.3. The Bertz CT molecular complexity index is 1060. The Balaban J connectivity index is 1.55. The van der Waals surface area contributed by atoms with Gasteiger partial charge in [-0.1, -0.05) is 18.2 Å². The molecule has 1 aliphatic rings. The summed E-state index contributed by atoms with van der Waals surface area (Å²) in [6.07, 6.45) is 1.71. The SMILES string of the molecule is CCOC(Cc1ccc(OCCN(CCOCC(C)(F)F)C(=O)Oc2ccc3c(c2)CCC3)cc1)C(=O)O. The third-order valence-electron chi connectivity index (χ3n) is 6.01. The highest BCUT2D eigenvalue weighted by atomic mass is 19.3. The number of fused-ring (bicyclic) bond motifs is 1. The van der Waals surface area contributed by atoms with E-state index >= 15 is 0 Å². The molecule has 0 saturated heterocycles. The van der Waals surface area contributed by atoms with E-state index < -0.39 is 30.7 Å². The van der Waals surface area contributed by atoms with E-state index in [2.05, 4.69) is 0 Å². The van der Waals surface area contributed by atoms with Crippen molar-refractivity contribution < 1.29 is 42.4 Å². The molecule has 0 heterocycles. The molecular formula is C28H35F2NO7. The third kappa shape index (κ3) is 9.57. The highest BCUT2D eigenvalue weighted by molar-refractivity contribution is 5.72. The smallest absolute Gasteiger partial charge is 0.415 e. The Morgan fingerprint density at radius 1 is 1.03 bits per heavy atom. The fourth-order valence-corrected chi connectivity index (χ4v) is 4.13. The van der Waals surface area contributed by atoms with Crippen LogP contribution in [0.2, 0.25) is 0 Å². The number of hydrogen-bond acceptors (Lipinski definition) is 6. The Morgan fingerprint density at radius 3 is 2.39 bits per heavy atom. The van der Waals surface area contributed by atoms with Gasteiger partial charge in [0.15, 0.2) is 6.10 Å². The van der Waals surface area contributed by atoms with E-state index in [-0.39, 0.29) is 32.7 Å². The van der Waals surface area contributed by atoms with Crippen molar-refractivity contribution in [1.29, 1.82) is 0 Å². The molecule has 0 fully saturated rings. The monoisotopic (exact) mass is 535 g/mol. The molecule has 0 bridgehead atoms. The number of alkyl halides is 2. The van der Waals surface area contributed by atoms with Crippen LogP contribution in [-0.2, 0) is 33.5 Å². The van der Waals surface area contributed by atoms with Crippen molar-refractivity contribution in [1.82, 2.24) is 4.90 Å². The maximum absolute atomic E-state index is 13.1. The molecule has 0 spiro atoms. The van der Waals surface area contributed by atoms with Gasteiger partial charge in [-0.25, -0.2) is 18.4 Å². The average Bonchev–Trinajstić information content (AvgIpc) is 3.33. The summed E-state index contributed by atoms with van der Waals surface area (Å²) in [7, 11) is 0. The van der Waals surface area contributed by atoms with Gasteiger partial charge < -0.3 is 29.0 Å². The standard InChI is InChI=1S/C28H35F2NO7/c1-3-36-25(26(32)33)17-20-7-10-23(11-8-20)37-16-14-31(13-15-35-19-28(2,29)30)27(34)38-24-12-9-21-5-4-6-22(21)18-24/h7-12,18,25H,3-6,13-17,19H2,1-2H3,(H,32,33). The molecule has 0 saturated carbocycles. The van der Waals surface area contributed by atoms with Gasteiger partial charge in [0.1, 0.15) is 24.7 Å². The fourth-order valence-electron chi connectivity index (χ4n) is 4.13. The number of benzene rings is 2. The minimum Gasteiger partial charge on any atom is -0.492 e. The summed E-state index contributed by atoms with van der Waals surface area (Å²) >= 11 is 0. The number of rotatable bonds is 15. The number of ether oxygens (including phenoxy) is 4. The van der Waals surface area contributed by atoms with Gasteiger partial charge >= 0.3 is 12.1 Å². The predicted octanol–water partition coefficient (Wildman–Crippen LogP) is 4.76. The van der Waals surface area contributed by atoms with Crippen LogP contribution in [0.3, 0.4) is 0 Å². The summed E-state index contributed by atoms with van der Waals surface area (Å²) in [5, 5.41) is 9.25. The summed E-state index contributed by atoms with van der Waals surface area (Å²) in [5.41, 5.74) is 3.20. The zero-order chi connectivity index (χ0) is 27.5. The molecule has 1 N–H and O–H groups in total. The molecule has 208 valence electrons. The number of halogens is 2. The van der Waals surface area contributed by atoms with Crippen molar-refractivity contribution in [2.75, 3.05) is 39.5 Å². The van der Waals surface area contributed by atoms with Gasteiger partial charge in [-0.05, 0) is 67.1 Å². The summed E-state index contributed by atoms with van der Waals surface area (Å²) in [6.45, 7) is 2.30. The van der Waals surface area contributed by atoms with E-state index in [1.54, 1.807) is 37.3 Å².